The smallest absolute Gasteiger partial charge is 0.297 e. The molecule has 5 nitrogen and oxygen atoms in total. The highest BCUT2D eigenvalue weighted by Gasteiger charge is 2.40. The maximum absolute atomic E-state index is 12.4. The molecular formula is C14H19ClN2O3. The second-order valence-corrected chi connectivity index (χ2v) is 6.02. The number of aromatic nitrogens is 2. The summed E-state index contributed by atoms with van der Waals surface area (Å²) in [4.78, 5) is 16.5. The van der Waals surface area contributed by atoms with E-state index < -0.39 is 0 Å². The van der Waals surface area contributed by atoms with E-state index in [1.807, 2.05) is 0 Å². The van der Waals surface area contributed by atoms with Crippen LogP contribution in [0.5, 0.6) is 5.75 Å². The molecule has 1 spiro atoms. The summed E-state index contributed by atoms with van der Waals surface area (Å²) in [5.74, 6) is 0.126. The third-order valence-electron chi connectivity index (χ3n) is 4.49. The minimum absolute atomic E-state index is 0.0325. The fourth-order valence-corrected chi connectivity index (χ4v) is 3.67. The Morgan fingerprint density at radius 1 is 1.50 bits per heavy atom. The number of rotatable bonds is 2. The number of ether oxygens (including phenoxy) is 2. The van der Waals surface area contributed by atoms with E-state index in [-0.39, 0.29) is 28.1 Å². The van der Waals surface area contributed by atoms with Gasteiger partial charge in [0.1, 0.15) is 0 Å². The first-order chi connectivity index (χ1) is 9.65. The first-order valence-electron chi connectivity index (χ1n) is 7.10. The second-order valence-electron chi connectivity index (χ2n) is 5.67. The van der Waals surface area contributed by atoms with E-state index in [1.54, 1.807) is 4.57 Å². The van der Waals surface area contributed by atoms with Gasteiger partial charge in [-0.2, -0.15) is 0 Å². The molecule has 3 rings (SSSR count). The van der Waals surface area contributed by atoms with Gasteiger partial charge in [-0.15, -0.1) is 0 Å². The lowest BCUT2D eigenvalue weighted by Crippen LogP contribution is -2.40. The average Bonchev–Trinajstić information content (AvgIpc) is 2.87. The van der Waals surface area contributed by atoms with Gasteiger partial charge in [-0.3, -0.25) is 9.36 Å². The summed E-state index contributed by atoms with van der Waals surface area (Å²) in [7, 11) is 1.44. The van der Waals surface area contributed by atoms with Gasteiger partial charge < -0.3 is 9.47 Å². The molecule has 0 bridgehead atoms. The Hall–Kier alpha value is -1.07. The lowest BCUT2D eigenvalue weighted by atomic mass is 9.89. The zero-order valence-electron chi connectivity index (χ0n) is 11.6. The number of hydrogen-bond acceptors (Lipinski definition) is 4. The monoisotopic (exact) mass is 298 g/mol. The van der Waals surface area contributed by atoms with Gasteiger partial charge in [0.15, 0.2) is 5.15 Å². The van der Waals surface area contributed by atoms with E-state index in [0.717, 1.165) is 25.7 Å². The van der Waals surface area contributed by atoms with Crippen LogP contribution in [-0.4, -0.2) is 28.9 Å². The van der Waals surface area contributed by atoms with Crippen LogP contribution in [0, 0.1) is 0 Å². The zero-order valence-corrected chi connectivity index (χ0v) is 12.4. The van der Waals surface area contributed by atoms with Gasteiger partial charge in [0.05, 0.1) is 19.0 Å². The van der Waals surface area contributed by atoms with Gasteiger partial charge in [0.25, 0.3) is 5.56 Å². The van der Waals surface area contributed by atoms with Crippen molar-refractivity contribution in [2.24, 2.45) is 0 Å². The summed E-state index contributed by atoms with van der Waals surface area (Å²) in [5.41, 5.74) is -0.234. The minimum atomic E-state index is -0.201. The number of halogens is 1. The van der Waals surface area contributed by atoms with E-state index in [4.69, 9.17) is 21.1 Å². The summed E-state index contributed by atoms with van der Waals surface area (Å²) >= 11 is 5.89. The molecule has 2 fully saturated rings. The summed E-state index contributed by atoms with van der Waals surface area (Å²) in [6.45, 7) is 0.696. The van der Waals surface area contributed by atoms with Crippen LogP contribution in [0.4, 0.5) is 0 Å². The van der Waals surface area contributed by atoms with Crippen LogP contribution >= 0.6 is 11.6 Å². The van der Waals surface area contributed by atoms with E-state index >= 15 is 0 Å². The standard InChI is InChI=1S/C14H19ClN2O3/c1-19-11-12(15)16-9-17(13(11)18)10-4-7-20-14(8-10)5-2-3-6-14/h9-10H,2-8H2,1H3. The molecular weight excluding hydrogens is 280 g/mol. The molecule has 0 aromatic carbocycles. The van der Waals surface area contributed by atoms with E-state index in [0.29, 0.717) is 6.61 Å². The molecule has 1 unspecified atom stereocenters. The number of methoxy groups -OCH3 is 1. The predicted molar refractivity (Wildman–Crippen MR) is 75.5 cm³/mol. The molecule has 0 N–H and O–H groups in total. The molecule has 0 amide bonds. The molecule has 2 aliphatic rings. The predicted octanol–water partition coefficient (Wildman–Crippen LogP) is 2.57. The average molecular weight is 299 g/mol. The Kier molecular flexibility index (Phi) is 3.73. The van der Waals surface area contributed by atoms with Gasteiger partial charge in [-0.1, -0.05) is 24.4 Å². The van der Waals surface area contributed by atoms with Gasteiger partial charge >= 0.3 is 0 Å². The Bertz CT molecular complexity index is 552. The molecule has 110 valence electrons. The second kappa shape index (κ2) is 5.37. The van der Waals surface area contributed by atoms with Gasteiger partial charge in [0, 0.05) is 12.6 Å². The molecule has 1 saturated carbocycles. The molecule has 1 saturated heterocycles. The molecule has 1 aromatic rings. The molecule has 6 heteroatoms. The fraction of sp³-hybridized carbons (Fsp3) is 0.714. The third kappa shape index (κ3) is 2.33. The molecule has 1 aliphatic carbocycles. The highest BCUT2D eigenvalue weighted by atomic mass is 35.5. The van der Waals surface area contributed by atoms with E-state index in [2.05, 4.69) is 4.98 Å². The fourth-order valence-electron chi connectivity index (χ4n) is 3.47. The molecule has 0 radical (unpaired) electrons. The Morgan fingerprint density at radius 3 is 2.95 bits per heavy atom. The van der Waals surface area contributed by atoms with Crippen LogP contribution in [0.2, 0.25) is 5.15 Å². The zero-order chi connectivity index (χ0) is 14.2. The van der Waals surface area contributed by atoms with Crippen molar-refractivity contribution in [3.63, 3.8) is 0 Å². The van der Waals surface area contributed by atoms with Crippen LogP contribution in [-0.2, 0) is 4.74 Å². The van der Waals surface area contributed by atoms with Crippen molar-refractivity contribution in [3.05, 3.63) is 21.8 Å². The minimum Gasteiger partial charge on any atom is -0.489 e. The van der Waals surface area contributed by atoms with Crippen LogP contribution < -0.4 is 10.3 Å². The maximum Gasteiger partial charge on any atom is 0.297 e. The van der Waals surface area contributed by atoms with Crippen molar-refractivity contribution in [1.82, 2.24) is 9.55 Å². The van der Waals surface area contributed by atoms with Crippen LogP contribution in [0.25, 0.3) is 0 Å². The topological polar surface area (TPSA) is 53.4 Å². The summed E-state index contributed by atoms with van der Waals surface area (Å²) in [6, 6.07) is 0.119. The lowest BCUT2D eigenvalue weighted by Gasteiger charge is -2.38. The summed E-state index contributed by atoms with van der Waals surface area (Å²) < 4.78 is 12.7. The van der Waals surface area contributed by atoms with E-state index in [9.17, 15) is 4.79 Å². The van der Waals surface area contributed by atoms with Crippen LogP contribution in [0.1, 0.15) is 44.6 Å². The SMILES string of the molecule is COc1c(Cl)ncn(C2CCOC3(CCCC3)C2)c1=O. The normalized spacial score (nSPS) is 25.0. The van der Waals surface area contributed by atoms with Crippen molar-refractivity contribution in [3.8, 4) is 5.75 Å². The highest BCUT2D eigenvalue weighted by Crippen LogP contribution is 2.43. The van der Waals surface area contributed by atoms with Crippen LogP contribution in [0.3, 0.4) is 0 Å². The Labute approximate surface area is 122 Å². The molecule has 2 heterocycles. The first kappa shape index (κ1) is 13.9. The van der Waals surface area contributed by atoms with E-state index in [1.165, 1.54) is 26.3 Å². The summed E-state index contributed by atoms with van der Waals surface area (Å²) in [6.07, 6.45) is 7.85. The Balaban J connectivity index is 1.91. The van der Waals surface area contributed by atoms with Gasteiger partial charge in [0.2, 0.25) is 5.75 Å². The Morgan fingerprint density at radius 2 is 2.25 bits per heavy atom. The third-order valence-corrected chi connectivity index (χ3v) is 4.76. The van der Waals surface area contributed by atoms with Crippen LogP contribution in [0.15, 0.2) is 11.1 Å². The largest absolute Gasteiger partial charge is 0.489 e. The van der Waals surface area contributed by atoms with Crippen molar-refractivity contribution in [2.45, 2.75) is 50.2 Å². The quantitative estimate of drug-likeness (QED) is 0.788. The van der Waals surface area contributed by atoms with Crippen molar-refractivity contribution >= 4 is 11.6 Å². The molecule has 20 heavy (non-hydrogen) atoms. The van der Waals surface area contributed by atoms with Crippen molar-refractivity contribution < 1.29 is 9.47 Å². The first-order valence-corrected chi connectivity index (χ1v) is 7.48. The summed E-state index contributed by atoms with van der Waals surface area (Å²) in [5, 5.41) is 0.122. The van der Waals surface area contributed by atoms with Crippen molar-refractivity contribution in [1.29, 1.82) is 0 Å². The number of hydrogen-bond donors (Lipinski definition) is 0. The number of nitrogens with zero attached hydrogens (tertiary/aromatic N) is 2. The van der Waals surface area contributed by atoms with Gasteiger partial charge in [-0.05, 0) is 25.7 Å². The molecule has 1 atom stereocenters. The van der Waals surface area contributed by atoms with Gasteiger partial charge in [-0.25, -0.2) is 4.98 Å². The molecule has 1 aliphatic heterocycles. The maximum atomic E-state index is 12.4. The lowest BCUT2D eigenvalue weighted by molar-refractivity contribution is -0.0900. The molecule has 1 aromatic heterocycles. The van der Waals surface area contributed by atoms with Crippen molar-refractivity contribution in [2.75, 3.05) is 13.7 Å². The highest BCUT2D eigenvalue weighted by molar-refractivity contribution is 6.30.